The second-order valence-corrected chi connectivity index (χ2v) is 5.22. The van der Waals surface area contributed by atoms with E-state index < -0.39 is 48.7 Å². The molecule has 0 aromatic carbocycles. The lowest BCUT2D eigenvalue weighted by Gasteiger charge is -2.19. The average Bonchev–Trinajstić information content (AvgIpc) is 2.40. The Kier molecular flexibility index (Phi) is 9.13. The number of nitrogens with two attached hydrogens (primary N) is 2. The SMILES string of the molecule is CSCCC(N)C(=O)NC(CC(N)=O)C(=O)NCC(=O)O. The van der Waals surface area contributed by atoms with Crippen molar-refractivity contribution in [2.45, 2.75) is 24.9 Å². The maximum absolute atomic E-state index is 11.8. The van der Waals surface area contributed by atoms with Gasteiger partial charge in [-0.3, -0.25) is 19.2 Å². The number of primary amides is 1. The van der Waals surface area contributed by atoms with Gasteiger partial charge in [-0.15, -0.1) is 0 Å². The predicted molar refractivity (Wildman–Crippen MR) is 77.4 cm³/mol. The normalized spacial score (nSPS) is 13.0. The van der Waals surface area contributed by atoms with Crippen LogP contribution in [-0.4, -0.2) is 59.4 Å². The van der Waals surface area contributed by atoms with Crippen LogP contribution in [0.4, 0.5) is 0 Å². The summed E-state index contributed by atoms with van der Waals surface area (Å²) in [5, 5.41) is 12.8. The molecule has 0 aromatic rings. The molecule has 2 unspecified atom stereocenters. The molecule has 0 aliphatic rings. The molecule has 0 aromatic heterocycles. The van der Waals surface area contributed by atoms with Crippen molar-refractivity contribution in [2.24, 2.45) is 11.5 Å². The first-order valence-electron chi connectivity index (χ1n) is 6.10. The second-order valence-electron chi connectivity index (χ2n) is 4.23. The first-order valence-corrected chi connectivity index (χ1v) is 7.50. The molecule has 9 nitrogen and oxygen atoms in total. The number of carbonyl (C=O) groups excluding carboxylic acids is 3. The highest BCUT2D eigenvalue weighted by atomic mass is 32.2. The third-order valence-electron chi connectivity index (χ3n) is 2.42. The Morgan fingerprint density at radius 2 is 1.86 bits per heavy atom. The fourth-order valence-corrected chi connectivity index (χ4v) is 1.84. The first kappa shape index (κ1) is 19.2. The fraction of sp³-hybridized carbons (Fsp3) is 0.636. The highest BCUT2D eigenvalue weighted by Crippen LogP contribution is 2.00. The van der Waals surface area contributed by atoms with Crippen LogP contribution in [0.1, 0.15) is 12.8 Å². The fourth-order valence-electron chi connectivity index (χ4n) is 1.35. The highest BCUT2D eigenvalue weighted by molar-refractivity contribution is 7.98. The molecular weight excluding hydrogens is 300 g/mol. The number of nitrogens with one attached hydrogen (secondary N) is 2. The molecule has 0 rings (SSSR count). The van der Waals surface area contributed by atoms with Crippen LogP contribution in [0.25, 0.3) is 0 Å². The first-order chi connectivity index (χ1) is 9.77. The van der Waals surface area contributed by atoms with Crippen molar-refractivity contribution in [2.75, 3.05) is 18.6 Å². The van der Waals surface area contributed by atoms with Gasteiger partial charge in [-0.1, -0.05) is 0 Å². The van der Waals surface area contributed by atoms with Crippen molar-refractivity contribution in [1.29, 1.82) is 0 Å². The van der Waals surface area contributed by atoms with Crippen molar-refractivity contribution >= 4 is 35.5 Å². The molecule has 0 aliphatic heterocycles. The van der Waals surface area contributed by atoms with Crippen LogP contribution in [0.2, 0.25) is 0 Å². The Morgan fingerprint density at radius 3 is 2.33 bits per heavy atom. The lowest BCUT2D eigenvalue weighted by Crippen LogP contribution is -2.53. The molecule has 0 saturated heterocycles. The van der Waals surface area contributed by atoms with Gasteiger partial charge in [-0.2, -0.15) is 11.8 Å². The minimum atomic E-state index is -1.25. The van der Waals surface area contributed by atoms with E-state index >= 15 is 0 Å². The Balaban J connectivity index is 4.60. The van der Waals surface area contributed by atoms with Crippen LogP contribution < -0.4 is 22.1 Å². The maximum atomic E-state index is 11.8. The number of carboxylic acid groups (broad SMARTS) is 1. The lowest BCUT2D eigenvalue weighted by molar-refractivity contribution is -0.138. The van der Waals surface area contributed by atoms with E-state index in [0.29, 0.717) is 12.2 Å². The quantitative estimate of drug-likeness (QED) is 0.300. The van der Waals surface area contributed by atoms with E-state index in [9.17, 15) is 19.2 Å². The van der Waals surface area contributed by atoms with Crippen molar-refractivity contribution in [3.8, 4) is 0 Å². The molecule has 0 fully saturated rings. The third kappa shape index (κ3) is 8.87. The monoisotopic (exact) mass is 320 g/mol. The summed E-state index contributed by atoms with van der Waals surface area (Å²) >= 11 is 1.52. The predicted octanol–water partition coefficient (Wildman–Crippen LogP) is -2.37. The molecule has 120 valence electrons. The molecule has 10 heteroatoms. The molecule has 0 spiro atoms. The third-order valence-corrected chi connectivity index (χ3v) is 3.07. The van der Waals surface area contributed by atoms with Gasteiger partial charge in [0.2, 0.25) is 17.7 Å². The Labute approximate surface area is 126 Å². The largest absolute Gasteiger partial charge is 0.480 e. The summed E-state index contributed by atoms with van der Waals surface area (Å²) in [6.07, 6.45) is 1.83. The number of aliphatic carboxylic acids is 1. The minimum absolute atomic E-state index is 0.410. The van der Waals surface area contributed by atoms with Crippen LogP contribution in [0.15, 0.2) is 0 Å². The standard InChI is InChI=1S/C11H20N4O5S/c1-21-3-2-6(12)10(19)15-7(4-8(13)16)11(20)14-5-9(17)18/h6-7H,2-5,12H2,1H3,(H2,13,16)(H,14,20)(H,15,19)(H,17,18). The minimum Gasteiger partial charge on any atom is -0.480 e. The van der Waals surface area contributed by atoms with E-state index in [2.05, 4.69) is 10.6 Å². The van der Waals surface area contributed by atoms with Gasteiger partial charge in [0, 0.05) is 0 Å². The maximum Gasteiger partial charge on any atom is 0.322 e. The number of hydrogen-bond acceptors (Lipinski definition) is 6. The van der Waals surface area contributed by atoms with Crippen molar-refractivity contribution < 1.29 is 24.3 Å². The van der Waals surface area contributed by atoms with E-state index in [1.807, 2.05) is 6.26 Å². The van der Waals surface area contributed by atoms with E-state index in [1.165, 1.54) is 11.8 Å². The lowest BCUT2D eigenvalue weighted by atomic mass is 10.1. The highest BCUT2D eigenvalue weighted by Gasteiger charge is 2.25. The number of hydrogen-bond donors (Lipinski definition) is 5. The molecule has 0 saturated carbocycles. The van der Waals surface area contributed by atoms with Gasteiger partial charge in [0.25, 0.3) is 0 Å². The summed E-state index contributed by atoms with van der Waals surface area (Å²) < 4.78 is 0. The van der Waals surface area contributed by atoms with Crippen molar-refractivity contribution in [1.82, 2.24) is 10.6 Å². The van der Waals surface area contributed by atoms with Crippen molar-refractivity contribution in [3.05, 3.63) is 0 Å². The van der Waals surface area contributed by atoms with Crippen LogP contribution in [0, 0.1) is 0 Å². The molecule has 0 aliphatic carbocycles. The number of carboxylic acids is 1. The molecular formula is C11H20N4O5S. The molecule has 0 radical (unpaired) electrons. The topological polar surface area (TPSA) is 165 Å². The van der Waals surface area contributed by atoms with Crippen LogP contribution in [0.5, 0.6) is 0 Å². The van der Waals surface area contributed by atoms with Gasteiger partial charge in [-0.05, 0) is 18.4 Å². The number of carbonyl (C=O) groups is 4. The van der Waals surface area contributed by atoms with E-state index in [0.717, 1.165) is 0 Å². The van der Waals surface area contributed by atoms with Gasteiger partial charge >= 0.3 is 5.97 Å². The van der Waals surface area contributed by atoms with Gasteiger partial charge in [0.15, 0.2) is 0 Å². The van der Waals surface area contributed by atoms with E-state index in [4.69, 9.17) is 16.6 Å². The summed E-state index contributed by atoms with van der Waals surface area (Å²) in [4.78, 5) is 44.8. The van der Waals surface area contributed by atoms with Crippen molar-refractivity contribution in [3.63, 3.8) is 0 Å². The smallest absolute Gasteiger partial charge is 0.322 e. The summed E-state index contributed by atoms with van der Waals surface area (Å²) in [5.74, 6) is -2.78. The van der Waals surface area contributed by atoms with Crippen LogP contribution >= 0.6 is 11.8 Å². The molecule has 0 heterocycles. The number of amides is 3. The van der Waals surface area contributed by atoms with Crippen LogP contribution in [0.3, 0.4) is 0 Å². The Bertz CT molecular complexity index is 404. The summed E-state index contributed by atoms with van der Waals surface area (Å²) in [5.41, 5.74) is 10.6. The van der Waals surface area contributed by atoms with Gasteiger partial charge in [0.1, 0.15) is 12.6 Å². The van der Waals surface area contributed by atoms with E-state index in [-0.39, 0.29) is 0 Å². The Morgan fingerprint density at radius 1 is 1.24 bits per heavy atom. The second kappa shape index (κ2) is 10.00. The Hall–Kier alpha value is -1.81. The summed E-state index contributed by atoms with van der Waals surface area (Å²) in [6, 6.07) is -2.06. The van der Waals surface area contributed by atoms with E-state index in [1.54, 1.807) is 0 Å². The summed E-state index contributed by atoms with van der Waals surface area (Å²) in [7, 11) is 0. The number of rotatable bonds is 10. The molecule has 21 heavy (non-hydrogen) atoms. The zero-order valence-corrected chi connectivity index (χ0v) is 12.4. The summed E-state index contributed by atoms with van der Waals surface area (Å²) in [6.45, 7) is -0.623. The number of thioether (sulfide) groups is 1. The molecule has 2 atom stereocenters. The zero-order valence-electron chi connectivity index (χ0n) is 11.6. The molecule has 0 bridgehead atoms. The molecule has 3 amide bonds. The van der Waals surface area contributed by atoms with Gasteiger partial charge in [-0.25, -0.2) is 0 Å². The zero-order chi connectivity index (χ0) is 16.4. The average molecular weight is 320 g/mol. The van der Waals surface area contributed by atoms with Gasteiger partial charge in [0.05, 0.1) is 12.5 Å². The molecule has 7 N–H and O–H groups in total. The van der Waals surface area contributed by atoms with Crippen LogP contribution in [-0.2, 0) is 19.2 Å². The van der Waals surface area contributed by atoms with Gasteiger partial charge < -0.3 is 27.2 Å².